The zero-order chi connectivity index (χ0) is 27.2. The van der Waals surface area contributed by atoms with Crippen LogP contribution in [-0.4, -0.2) is 58.3 Å². The molecule has 0 saturated heterocycles. The quantitative estimate of drug-likeness (QED) is 0.355. The molecule has 37 heavy (non-hydrogen) atoms. The molecule has 3 aromatic rings. The minimum absolute atomic E-state index is 0.000429. The zero-order valence-electron chi connectivity index (χ0n) is 20.5. The SMILES string of the molecule is Cc1ccc(S(=O)(=O)CC(CS(=O)(=O)c2ccc(C)cc2)C(=O)c2ccc(C(=O)NCCO)cc2)cc1. The first-order chi connectivity index (χ1) is 17.4. The Hall–Kier alpha value is -3.34. The van der Waals surface area contributed by atoms with E-state index >= 15 is 0 Å². The molecule has 0 aliphatic heterocycles. The number of amides is 1. The number of hydrogen-bond acceptors (Lipinski definition) is 7. The van der Waals surface area contributed by atoms with Crippen LogP contribution >= 0.6 is 0 Å². The largest absolute Gasteiger partial charge is 0.395 e. The van der Waals surface area contributed by atoms with Crippen LogP contribution in [0.15, 0.2) is 82.6 Å². The number of aliphatic hydroxyl groups is 1. The van der Waals surface area contributed by atoms with Crippen LogP contribution in [0.2, 0.25) is 0 Å². The standard InChI is InChI=1S/C27H29NO7S2/c1-19-3-11-24(12-4-19)36(32,33)17-23(18-37(34,35)25-13-5-20(2)6-14-25)26(30)21-7-9-22(10-8-21)27(31)28-15-16-29/h3-14,23,29H,15-18H2,1-2H3,(H,28,31). The molecule has 0 fully saturated rings. The Bertz CT molecular complexity index is 1380. The van der Waals surface area contributed by atoms with Gasteiger partial charge in [-0.05, 0) is 50.2 Å². The number of Topliss-reactive ketones (excluding diaryl/α,β-unsaturated/α-hetero) is 1. The fourth-order valence-electron chi connectivity index (χ4n) is 3.71. The molecule has 0 heterocycles. The van der Waals surface area contributed by atoms with Gasteiger partial charge in [0.1, 0.15) is 0 Å². The number of ketones is 1. The number of carbonyl (C=O) groups excluding carboxylic acids is 2. The van der Waals surface area contributed by atoms with E-state index in [1.165, 1.54) is 48.5 Å². The number of hydrogen-bond donors (Lipinski definition) is 2. The van der Waals surface area contributed by atoms with E-state index in [9.17, 15) is 26.4 Å². The summed E-state index contributed by atoms with van der Waals surface area (Å²) < 4.78 is 52.7. The fraction of sp³-hybridized carbons (Fsp3) is 0.259. The van der Waals surface area contributed by atoms with Gasteiger partial charge in [-0.1, -0.05) is 47.5 Å². The highest BCUT2D eigenvalue weighted by atomic mass is 32.2. The lowest BCUT2D eigenvalue weighted by atomic mass is 9.99. The monoisotopic (exact) mass is 543 g/mol. The van der Waals surface area contributed by atoms with Crippen molar-refractivity contribution in [1.82, 2.24) is 5.32 Å². The molecule has 3 aromatic carbocycles. The fourth-order valence-corrected chi connectivity index (χ4v) is 6.94. The molecule has 0 aromatic heterocycles. The first-order valence-corrected chi connectivity index (χ1v) is 14.9. The average Bonchev–Trinajstić information content (AvgIpc) is 2.86. The van der Waals surface area contributed by atoms with Crippen LogP contribution in [0, 0.1) is 19.8 Å². The van der Waals surface area contributed by atoms with Crippen molar-refractivity contribution in [3.63, 3.8) is 0 Å². The lowest BCUT2D eigenvalue weighted by molar-refractivity contribution is 0.0932. The third-order valence-electron chi connectivity index (χ3n) is 5.80. The predicted octanol–water partition coefficient (Wildman–Crippen LogP) is 2.77. The summed E-state index contributed by atoms with van der Waals surface area (Å²) in [5.74, 6) is -3.88. The van der Waals surface area contributed by atoms with E-state index in [2.05, 4.69) is 5.32 Å². The highest BCUT2D eigenvalue weighted by Gasteiger charge is 2.32. The molecular formula is C27H29NO7S2. The van der Waals surface area contributed by atoms with Crippen LogP contribution in [0.4, 0.5) is 0 Å². The lowest BCUT2D eigenvalue weighted by Crippen LogP contribution is -2.31. The Morgan fingerprint density at radius 1 is 0.703 bits per heavy atom. The molecule has 10 heteroatoms. The van der Waals surface area contributed by atoms with Crippen LogP contribution in [-0.2, 0) is 19.7 Å². The van der Waals surface area contributed by atoms with Crippen molar-refractivity contribution in [3.05, 3.63) is 95.1 Å². The van der Waals surface area contributed by atoms with Crippen LogP contribution in [0.5, 0.6) is 0 Å². The Morgan fingerprint density at radius 3 is 1.51 bits per heavy atom. The van der Waals surface area contributed by atoms with Crippen molar-refractivity contribution in [2.45, 2.75) is 23.6 Å². The molecule has 0 aliphatic rings. The van der Waals surface area contributed by atoms with E-state index in [-0.39, 0.29) is 34.1 Å². The van der Waals surface area contributed by atoms with Gasteiger partial charge in [0.2, 0.25) is 0 Å². The summed E-state index contributed by atoms with van der Waals surface area (Å²) in [4.78, 5) is 25.6. The summed E-state index contributed by atoms with van der Waals surface area (Å²) in [6, 6.07) is 17.8. The van der Waals surface area contributed by atoms with Crippen molar-refractivity contribution in [3.8, 4) is 0 Å². The molecule has 0 radical (unpaired) electrons. The second-order valence-corrected chi connectivity index (χ2v) is 12.9. The van der Waals surface area contributed by atoms with Gasteiger partial charge in [0, 0.05) is 17.7 Å². The Kier molecular flexibility index (Phi) is 9.01. The predicted molar refractivity (Wildman–Crippen MR) is 140 cm³/mol. The number of nitrogens with one attached hydrogen (secondary N) is 1. The highest BCUT2D eigenvalue weighted by molar-refractivity contribution is 7.92. The first-order valence-electron chi connectivity index (χ1n) is 11.5. The number of rotatable bonds is 11. The number of carbonyl (C=O) groups is 2. The van der Waals surface area contributed by atoms with Gasteiger partial charge in [0.25, 0.3) is 5.91 Å². The minimum atomic E-state index is -4.00. The molecule has 196 valence electrons. The van der Waals surface area contributed by atoms with Crippen LogP contribution in [0.1, 0.15) is 31.8 Å². The van der Waals surface area contributed by atoms with Gasteiger partial charge in [0.15, 0.2) is 25.5 Å². The van der Waals surface area contributed by atoms with E-state index in [4.69, 9.17) is 5.11 Å². The molecule has 1 amide bonds. The maximum atomic E-state index is 13.5. The van der Waals surface area contributed by atoms with Crippen LogP contribution in [0.25, 0.3) is 0 Å². The Labute approximate surface area is 217 Å². The van der Waals surface area contributed by atoms with Crippen molar-refractivity contribution in [1.29, 1.82) is 0 Å². The summed E-state index contributed by atoms with van der Waals surface area (Å²) in [7, 11) is -7.99. The second-order valence-electron chi connectivity index (χ2n) is 8.81. The van der Waals surface area contributed by atoms with E-state index < -0.39 is 48.8 Å². The smallest absolute Gasteiger partial charge is 0.251 e. The van der Waals surface area contributed by atoms with Crippen molar-refractivity contribution in [2.75, 3.05) is 24.7 Å². The molecule has 3 rings (SSSR count). The van der Waals surface area contributed by atoms with E-state index in [1.54, 1.807) is 24.3 Å². The van der Waals surface area contributed by atoms with Gasteiger partial charge in [-0.15, -0.1) is 0 Å². The molecule has 8 nitrogen and oxygen atoms in total. The summed E-state index contributed by atoms with van der Waals surface area (Å²) in [5.41, 5.74) is 2.04. The third kappa shape index (κ3) is 7.34. The van der Waals surface area contributed by atoms with Gasteiger partial charge in [-0.25, -0.2) is 16.8 Å². The highest BCUT2D eigenvalue weighted by Crippen LogP contribution is 2.23. The van der Waals surface area contributed by atoms with Gasteiger partial charge in [-0.2, -0.15) is 0 Å². The van der Waals surface area contributed by atoms with Crippen molar-refractivity contribution in [2.24, 2.45) is 5.92 Å². The molecule has 0 bridgehead atoms. The van der Waals surface area contributed by atoms with Crippen LogP contribution in [0.3, 0.4) is 0 Å². The lowest BCUT2D eigenvalue weighted by Gasteiger charge is -2.17. The second kappa shape index (κ2) is 11.8. The molecule has 0 unspecified atom stereocenters. The Morgan fingerprint density at radius 2 is 1.11 bits per heavy atom. The number of aryl methyl sites for hydroxylation is 2. The van der Waals surface area contributed by atoms with E-state index in [0.29, 0.717) is 0 Å². The normalized spacial score (nSPS) is 11.9. The maximum Gasteiger partial charge on any atom is 0.251 e. The average molecular weight is 544 g/mol. The van der Waals surface area contributed by atoms with Gasteiger partial charge < -0.3 is 10.4 Å². The maximum absolute atomic E-state index is 13.5. The van der Waals surface area contributed by atoms with Crippen LogP contribution < -0.4 is 5.32 Å². The minimum Gasteiger partial charge on any atom is -0.395 e. The molecular weight excluding hydrogens is 514 g/mol. The summed E-state index contributed by atoms with van der Waals surface area (Å²) in [6.45, 7) is 3.46. The summed E-state index contributed by atoms with van der Waals surface area (Å²) in [6.07, 6.45) is 0. The number of benzene rings is 3. The summed E-state index contributed by atoms with van der Waals surface area (Å²) in [5, 5.41) is 11.4. The van der Waals surface area contributed by atoms with E-state index in [0.717, 1.165) is 11.1 Å². The van der Waals surface area contributed by atoms with Crippen molar-refractivity contribution < 1.29 is 31.5 Å². The molecule has 2 N–H and O–H groups in total. The molecule has 0 saturated carbocycles. The number of aliphatic hydroxyl groups excluding tert-OH is 1. The van der Waals surface area contributed by atoms with Gasteiger partial charge in [-0.3, -0.25) is 9.59 Å². The molecule has 0 atom stereocenters. The topological polar surface area (TPSA) is 135 Å². The molecule has 0 spiro atoms. The zero-order valence-corrected chi connectivity index (χ0v) is 22.2. The molecule has 0 aliphatic carbocycles. The Balaban J connectivity index is 1.95. The first kappa shape index (κ1) is 28.2. The summed E-state index contributed by atoms with van der Waals surface area (Å²) >= 11 is 0. The van der Waals surface area contributed by atoms with Crippen molar-refractivity contribution >= 4 is 31.4 Å². The number of sulfone groups is 2. The van der Waals surface area contributed by atoms with E-state index in [1.807, 2.05) is 13.8 Å². The third-order valence-corrected chi connectivity index (χ3v) is 9.46. The van der Waals surface area contributed by atoms with Gasteiger partial charge >= 0.3 is 0 Å². The van der Waals surface area contributed by atoms with Gasteiger partial charge in [0.05, 0.1) is 33.8 Å².